The number of aromatic amines is 1. The molecule has 2 aliphatic rings. The Morgan fingerprint density at radius 2 is 2.03 bits per heavy atom. The molecule has 1 N–H and O–H groups in total. The highest BCUT2D eigenvalue weighted by Crippen LogP contribution is 2.41. The second-order valence-corrected chi connectivity index (χ2v) is 9.01. The number of nitrogens with one attached hydrogen (secondary N) is 1. The lowest BCUT2D eigenvalue weighted by atomic mass is 10.0. The third kappa shape index (κ3) is 3.21. The zero-order chi connectivity index (χ0) is 21.9. The van der Waals surface area contributed by atoms with Crippen molar-refractivity contribution < 1.29 is 4.42 Å². The van der Waals surface area contributed by atoms with Crippen molar-refractivity contribution in [2.75, 3.05) is 11.4 Å². The first-order valence-electron chi connectivity index (χ1n) is 11.4. The Kier molecular flexibility index (Phi) is 3.97. The summed E-state index contributed by atoms with van der Waals surface area (Å²) < 4.78 is 7.83. The lowest BCUT2D eigenvalue weighted by Crippen LogP contribution is -2.30. The molecule has 1 aliphatic carbocycles. The first-order chi connectivity index (χ1) is 16.2. The van der Waals surface area contributed by atoms with Gasteiger partial charge in [-0.05, 0) is 42.7 Å². The smallest absolute Gasteiger partial charge is 0.197 e. The lowest BCUT2D eigenvalue weighted by molar-refractivity contribution is 0.447. The standard InChI is InChI=1S/C25H23N7O/c1-31-13-18(12-27-31)16-4-5-20-19(10-16)24(30-29-20)17-6-8-26-23(11-17)32-9-7-22-21(14-32)28-25(33-22)15-2-3-15/h4-6,8,10-13,15H,2-3,7,9,14H2,1H3,(H,29,30). The minimum atomic E-state index is 0.537. The molecule has 1 fully saturated rings. The number of oxazole rings is 1. The molecule has 0 spiro atoms. The highest BCUT2D eigenvalue weighted by molar-refractivity contribution is 5.95. The second-order valence-electron chi connectivity index (χ2n) is 9.01. The quantitative estimate of drug-likeness (QED) is 0.447. The molecule has 0 radical (unpaired) electrons. The van der Waals surface area contributed by atoms with Crippen LogP contribution in [0.5, 0.6) is 0 Å². The Morgan fingerprint density at radius 1 is 1.09 bits per heavy atom. The number of fused-ring (bicyclic) bond motifs is 2. The van der Waals surface area contributed by atoms with Crippen molar-refractivity contribution in [3.05, 3.63) is 66.3 Å². The highest BCUT2D eigenvalue weighted by Gasteiger charge is 2.32. The van der Waals surface area contributed by atoms with Gasteiger partial charge in [-0.3, -0.25) is 9.78 Å². The molecular formula is C25H23N7O. The summed E-state index contributed by atoms with van der Waals surface area (Å²) in [6.07, 6.45) is 9.04. The molecule has 8 nitrogen and oxygen atoms in total. The minimum absolute atomic E-state index is 0.537. The van der Waals surface area contributed by atoms with Crippen molar-refractivity contribution in [2.45, 2.75) is 31.7 Å². The predicted molar refractivity (Wildman–Crippen MR) is 125 cm³/mol. The molecule has 0 amide bonds. The Hall–Kier alpha value is -3.94. The van der Waals surface area contributed by atoms with E-state index in [-0.39, 0.29) is 0 Å². The molecule has 5 aromatic rings. The van der Waals surface area contributed by atoms with Gasteiger partial charge in [0.15, 0.2) is 5.89 Å². The number of benzene rings is 1. The van der Waals surface area contributed by atoms with Gasteiger partial charge < -0.3 is 9.32 Å². The van der Waals surface area contributed by atoms with Gasteiger partial charge in [0.25, 0.3) is 0 Å². The molecule has 8 heteroatoms. The first kappa shape index (κ1) is 18.6. The summed E-state index contributed by atoms with van der Waals surface area (Å²) in [6, 6.07) is 10.5. The van der Waals surface area contributed by atoms with Crippen molar-refractivity contribution in [2.24, 2.45) is 7.05 Å². The number of rotatable bonds is 4. The molecule has 0 bridgehead atoms. The number of aryl methyl sites for hydroxylation is 1. The van der Waals surface area contributed by atoms with Gasteiger partial charge in [0.05, 0.1) is 18.3 Å². The van der Waals surface area contributed by atoms with Crippen LogP contribution in [0.3, 0.4) is 0 Å². The number of anilines is 1. The van der Waals surface area contributed by atoms with Crippen molar-refractivity contribution in [1.29, 1.82) is 0 Å². The molecule has 0 saturated heterocycles. The number of H-pyrrole nitrogens is 1. The zero-order valence-electron chi connectivity index (χ0n) is 18.3. The van der Waals surface area contributed by atoms with Crippen molar-refractivity contribution >= 4 is 16.7 Å². The van der Waals surface area contributed by atoms with E-state index in [9.17, 15) is 0 Å². The van der Waals surface area contributed by atoms with E-state index in [1.165, 1.54) is 12.8 Å². The van der Waals surface area contributed by atoms with Crippen LogP contribution in [0, 0.1) is 0 Å². The van der Waals surface area contributed by atoms with Crippen LogP contribution in [0.15, 0.2) is 53.3 Å². The molecule has 1 aromatic carbocycles. The van der Waals surface area contributed by atoms with Crippen molar-refractivity contribution in [1.82, 2.24) is 29.9 Å². The molecule has 1 aliphatic heterocycles. The third-order valence-corrected chi connectivity index (χ3v) is 6.61. The van der Waals surface area contributed by atoms with E-state index >= 15 is 0 Å². The fourth-order valence-corrected chi connectivity index (χ4v) is 4.64. The average molecular weight is 438 g/mol. The van der Waals surface area contributed by atoms with E-state index in [1.54, 1.807) is 0 Å². The van der Waals surface area contributed by atoms with Gasteiger partial charge in [0.2, 0.25) is 0 Å². The minimum Gasteiger partial charge on any atom is -0.445 e. The summed E-state index contributed by atoms with van der Waals surface area (Å²) in [4.78, 5) is 11.7. The SMILES string of the molecule is Cn1cc(-c2ccc3[nH]nc(-c4ccnc(N5CCc6oc(C7CC7)nc6C5)c4)c3c2)cn1. The van der Waals surface area contributed by atoms with Gasteiger partial charge >= 0.3 is 0 Å². The second kappa shape index (κ2) is 7.03. The molecule has 5 heterocycles. The van der Waals surface area contributed by atoms with Gasteiger partial charge in [0, 0.05) is 54.8 Å². The van der Waals surface area contributed by atoms with E-state index in [0.717, 1.165) is 76.0 Å². The van der Waals surface area contributed by atoms with E-state index in [4.69, 9.17) is 9.40 Å². The summed E-state index contributed by atoms with van der Waals surface area (Å²) in [5.74, 6) is 3.45. The van der Waals surface area contributed by atoms with Gasteiger partial charge in [-0.2, -0.15) is 10.2 Å². The number of pyridine rings is 1. The monoisotopic (exact) mass is 437 g/mol. The van der Waals surface area contributed by atoms with E-state index < -0.39 is 0 Å². The largest absolute Gasteiger partial charge is 0.445 e. The van der Waals surface area contributed by atoms with Crippen LogP contribution in [0.2, 0.25) is 0 Å². The maximum absolute atomic E-state index is 6.02. The molecule has 0 atom stereocenters. The third-order valence-electron chi connectivity index (χ3n) is 6.61. The summed E-state index contributed by atoms with van der Waals surface area (Å²) in [6.45, 7) is 1.60. The zero-order valence-corrected chi connectivity index (χ0v) is 18.3. The number of hydrogen-bond acceptors (Lipinski definition) is 6. The van der Waals surface area contributed by atoms with Crippen LogP contribution in [0.1, 0.15) is 36.1 Å². The maximum Gasteiger partial charge on any atom is 0.197 e. The van der Waals surface area contributed by atoms with Gasteiger partial charge in [-0.25, -0.2) is 9.97 Å². The molecule has 7 rings (SSSR count). The number of hydrogen-bond donors (Lipinski definition) is 1. The summed E-state index contributed by atoms with van der Waals surface area (Å²) in [5.41, 5.74) is 6.24. The molecule has 0 unspecified atom stereocenters. The van der Waals surface area contributed by atoms with Gasteiger partial charge in [-0.1, -0.05) is 6.07 Å². The van der Waals surface area contributed by atoms with Crippen molar-refractivity contribution in [3.8, 4) is 22.4 Å². The number of aromatic nitrogens is 6. The summed E-state index contributed by atoms with van der Waals surface area (Å²) in [5, 5.41) is 13.2. The highest BCUT2D eigenvalue weighted by atomic mass is 16.4. The maximum atomic E-state index is 6.02. The fraction of sp³-hybridized carbons (Fsp3) is 0.280. The van der Waals surface area contributed by atoms with E-state index in [2.05, 4.69) is 49.4 Å². The van der Waals surface area contributed by atoms with Crippen LogP contribution in [-0.2, 0) is 20.0 Å². The Morgan fingerprint density at radius 3 is 2.88 bits per heavy atom. The van der Waals surface area contributed by atoms with Crippen LogP contribution in [0.25, 0.3) is 33.3 Å². The van der Waals surface area contributed by atoms with Crippen LogP contribution < -0.4 is 4.90 Å². The molecule has 164 valence electrons. The van der Waals surface area contributed by atoms with E-state index in [0.29, 0.717) is 5.92 Å². The van der Waals surface area contributed by atoms with Crippen LogP contribution in [0.4, 0.5) is 5.82 Å². The normalized spacial score (nSPS) is 15.8. The first-order valence-corrected chi connectivity index (χ1v) is 11.4. The number of nitrogens with zero attached hydrogens (tertiary/aromatic N) is 6. The van der Waals surface area contributed by atoms with Crippen LogP contribution >= 0.6 is 0 Å². The topological polar surface area (TPSA) is 88.7 Å². The van der Waals surface area contributed by atoms with Gasteiger partial charge in [-0.15, -0.1) is 0 Å². The summed E-state index contributed by atoms with van der Waals surface area (Å²) in [7, 11) is 1.93. The molecular weight excluding hydrogens is 414 g/mol. The lowest BCUT2D eigenvalue weighted by Gasteiger charge is -2.26. The van der Waals surface area contributed by atoms with Crippen LogP contribution in [-0.4, -0.2) is 36.5 Å². The Labute approximate surface area is 190 Å². The molecule has 1 saturated carbocycles. The predicted octanol–water partition coefficient (Wildman–Crippen LogP) is 4.45. The van der Waals surface area contributed by atoms with Gasteiger partial charge in [0.1, 0.15) is 23.0 Å². The average Bonchev–Trinajstić information content (AvgIpc) is 3.25. The van der Waals surface area contributed by atoms with E-state index in [1.807, 2.05) is 36.4 Å². The fourth-order valence-electron chi connectivity index (χ4n) is 4.64. The Bertz CT molecular complexity index is 1490. The van der Waals surface area contributed by atoms with Crippen molar-refractivity contribution in [3.63, 3.8) is 0 Å². The Balaban J connectivity index is 1.22. The summed E-state index contributed by atoms with van der Waals surface area (Å²) >= 11 is 0. The molecule has 33 heavy (non-hydrogen) atoms. The molecule has 4 aromatic heterocycles.